The Morgan fingerprint density at radius 2 is 2.03 bits per heavy atom. The molecular formula is C24H34NO5+. The Morgan fingerprint density at radius 1 is 1.23 bits per heavy atom. The third-order valence-electron chi connectivity index (χ3n) is 8.44. The third kappa shape index (κ3) is 2.79. The number of ether oxygens (including phenoxy) is 4. The van der Waals surface area contributed by atoms with Gasteiger partial charge in [-0.1, -0.05) is 20.3 Å². The number of hydrogen-bond acceptors (Lipinski definition) is 5. The fraction of sp³-hybridized carbons (Fsp3) is 0.708. The molecule has 2 heterocycles. The van der Waals surface area contributed by atoms with Gasteiger partial charge in [-0.25, -0.2) is 0 Å². The first-order valence-corrected chi connectivity index (χ1v) is 11.3. The first kappa shape index (κ1) is 20.1. The summed E-state index contributed by atoms with van der Waals surface area (Å²) in [6, 6.07) is 5.97. The zero-order valence-electron chi connectivity index (χ0n) is 18.5. The molecule has 1 spiro atoms. The van der Waals surface area contributed by atoms with Crippen LogP contribution in [0.25, 0.3) is 0 Å². The van der Waals surface area contributed by atoms with Crippen molar-refractivity contribution in [3.63, 3.8) is 0 Å². The molecule has 2 saturated carbocycles. The summed E-state index contributed by atoms with van der Waals surface area (Å²) in [5.74, 6) is 2.11. The van der Waals surface area contributed by atoms with E-state index in [1.54, 1.807) is 14.2 Å². The molecule has 164 valence electrons. The predicted molar refractivity (Wildman–Crippen MR) is 110 cm³/mol. The number of esters is 1. The molecule has 4 aliphatic rings. The number of carbonyl (C=O) groups excluding carboxylic acids is 1. The number of quaternary nitrogens is 1. The molecule has 6 heteroatoms. The average Bonchev–Trinajstić information content (AvgIpc) is 3.42. The number of nitrogens with two attached hydrogens (primary N) is 1. The summed E-state index contributed by atoms with van der Waals surface area (Å²) in [4.78, 5) is 12.8. The minimum Gasteiger partial charge on any atom is -0.493 e. The molecule has 0 bridgehead atoms. The van der Waals surface area contributed by atoms with Gasteiger partial charge < -0.3 is 24.3 Å². The lowest BCUT2D eigenvalue weighted by Gasteiger charge is -2.48. The molecule has 30 heavy (non-hydrogen) atoms. The third-order valence-corrected chi connectivity index (χ3v) is 8.44. The molecule has 1 aromatic carbocycles. The fourth-order valence-corrected chi connectivity index (χ4v) is 6.94. The van der Waals surface area contributed by atoms with Gasteiger partial charge >= 0.3 is 5.97 Å². The summed E-state index contributed by atoms with van der Waals surface area (Å²) >= 11 is 0. The maximum Gasteiger partial charge on any atom is 0.315 e. The van der Waals surface area contributed by atoms with Gasteiger partial charge in [-0.15, -0.1) is 0 Å². The molecule has 2 saturated heterocycles. The Morgan fingerprint density at radius 3 is 2.80 bits per heavy atom. The van der Waals surface area contributed by atoms with Crippen molar-refractivity contribution in [3.05, 3.63) is 23.8 Å². The van der Waals surface area contributed by atoms with Crippen LogP contribution in [-0.2, 0) is 20.8 Å². The quantitative estimate of drug-likeness (QED) is 0.569. The van der Waals surface area contributed by atoms with Gasteiger partial charge in [-0.05, 0) is 43.4 Å². The first-order chi connectivity index (χ1) is 14.4. The van der Waals surface area contributed by atoms with E-state index in [9.17, 15) is 4.79 Å². The highest BCUT2D eigenvalue weighted by molar-refractivity contribution is 5.76. The summed E-state index contributed by atoms with van der Waals surface area (Å²) in [6.07, 6.45) is 4.83. The second-order valence-electron chi connectivity index (χ2n) is 9.97. The number of benzene rings is 1. The Kier molecular flexibility index (Phi) is 4.78. The number of epoxide rings is 1. The van der Waals surface area contributed by atoms with E-state index in [1.165, 1.54) is 19.3 Å². The van der Waals surface area contributed by atoms with Crippen LogP contribution < -0.4 is 14.8 Å². The molecular weight excluding hydrogens is 382 g/mol. The summed E-state index contributed by atoms with van der Waals surface area (Å²) < 4.78 is 23.2. The minimum absolute atomic E-state index is 0.0212. The van der Waals surface area contributed by atoms with Crippen molar-refractivity contribution in [2.75, 3.05) is 20.8 Å². The van der Waals surface area contributed by atoms with Gasteiger partial charge in [-0.2, -0.15) is 0 Å². The van der Waals surface area contributed by atoms with Crippen LogP contribution in [0.2, 0.25) is 0 Å². The van der Waals surface area contributed by atoms with Crippen LogP contribution in [-0.4, -0.2) is 44.5 Å². The summed E-state index contributed by atoms with van der Waals surface area (Å²) in [5.41, 5.74) is 1.27. The smallest absolute Gasteiger partial charge is 0.315 e. The molecule has 5 rings (SSSR count). The van der Waals surface area contributed by atoms with E-state index in [-0.39, 0.29) is 41.0 Å². The molecule has 2 aliphatic heterocycles. The zero-order valence-corrected chi connectivity index (χ0v) is 18.5. The van der Waals surface area contributed by atoms with Crippen LogP contribution in [0.4, 0.5) is 0 Å². The summed E-state index contributed by atoms with van der Waals surface area (Å²) in [7, 11) is 3.29. The van der Waals surface area contributed by atoms with E-state index in [0.717, 1.165) is 36.6 Å². The Labute approximate surface area is 178 Å². The largest absolute Gasteiger partial charge is 0.493 e. The topological polar surface area (TPSA) is 73.9 Å². The average molecular weight is 417 g/mol. The van der Waals surface area contributed by atoms with Crippen LogP contribution in [0.5, 0.6) is 11.5 Å². The molecule has 4 fully saturated rings. The number of fused-ring (bicyclic) bond motifs is 2. The van der Waals surface area contributed by atoms with E-state index in [1.807, 2.05) is 18.2 Å². The molecule has 7 atom stereocenters. The van der Waals surface area contributed by atoms with Crippen LogP contribution in [0.15, 0.2) is 18.2 Å². The standard InChI is InChI=1S/C24H33NO5/c1-14-6-5-9-23(2)11-19-20(21-24(14,23)30-21)16(22(26)29-19)13-25-12-15-7-8-17(27-3)18(10-15)28-4/h7-8,10,14,16,19-21,25H,5-6,9,11-13H2,1-4H3/p+1/t14-,16+,19+,20+,21-,23+,24-/m0/s1. The number of hydrogen-bond donors (Lipinski definition) is 1. The fourth-order valence-electron chi connectivity index (χ4n) is 6.94. The molecule has 0 amide bonds. The first-order valence-electron chi connectivity index (χ1n) is 11.3. The van der Waals surface area contributed by atoms with Crippen molar-refractivity contribution in [2.45, 2.75) is 63.9 Å². The van der Waals surface area contributed by atoms with E-state index in [4.69, 9.17) is 18.9 Å². The van der Waals surface area contributed by atoms with E-state index in [0.29, 0.717) is 5.92 Å². The van der Waals surface area contributed by atoms with E-state index >= 15 is 0 Å². The van der Waals surface area contributed by atoms with Crippen LogP contribution in [0, 0.1) is 23.2 Å². The maximum absolute atomic E-state index is 12.8. The lowest BCUT2D eigenvalue weighted by Crippen LogP contribution is -2.84. The number of carbonyl (C=O) groups is 1. The van der Waals surface area contributed by atoms with E-state index in [2.05, 4.69) is 19.2 Å². The van der Waals surface area contributed by atoms with Crippen molar-refractivity contribution in [2.24, 2.45) is 23.2 Å². The SMILES string of the molecule is COc1ccc(C[NH2+]C[C@H]2C(=O)O[C@@H]3C[C@@]4(C)CCC[C@H](C)[C@@]45O[C@H]5[C@@H]32)cc1OC. The normalized spacial score (nSPS) is 41.3. The monoisotopic (exact) mass is 416 g/mol. The van der Waals surface area contributed by atoms with Crippen molar-refractivity contribution >= 4 is 5.97 Å². The van der Waals surface area contributed by atoms with Gasteiger partial charge in [0.25, 0.3) is 0 Å². The van der Waals surface area contributed by atoms with Crippen molar-refractivity contribution in [1.29, 1.82) is 0 Å². The second-order valence-corrected chi connectivity index (χ2v) is 9.97. The van der Waals surface area contributed by atoms with Gasteiger partial charge in [-0.3, -0.25) is 4.79 Å². The molecule has 2 N–H and O–H groups in total. The Bertz CT molecular complexity index is 843. The maximum atomic E-state index is 12.8. The van der Waals surface area contributed by atoms with Gasteiger partial charge in [0.15, 0.2) is 11.5 Å². The highest BCUT2D eigenvalue weighted by atomic mass is 16.6. The molecule has 0 aromatic heterocycles. The van der Waals surface area contributed by atoms with Crippen molar-refractivity contribution < 1.29 is 29.1 Å². The van der Waals surface area contributed by atoms with Gasteiger partial charge in [0, 0.05) is 16.9 Å². The molecule has 2 aliphatic carbocycles. The lowest BCUT2D eigenvalue weighted by molar-refractivity contribution is -0.675. The lowest BCUT2D eigenvalue weighted by atomic mass is 9.53. The number of rotatable bonds is 6. The summed E-state index contributed by atoms with van der Waals surface area (Å²) in [6.45, 7) is 6.22. The van der Waals surface area contributed by atoms with Crippen LogP contribution >= 0.6 is 0 Å². The second kappa shape index (κ2) is 7.13. The van der Waals surface area contributed by atoms with Gasteiger partial charge in [0.1, 0.15) is 24.2 Å². The number of methoxy groups -OCH3 is 2. The van der Waals surface area contributed by atoms with Crippen molar-refractivity contribution in [3.8, 4) is 11.5 Å². The summed E-state index contributed by atoms with van der Waals surface area (Å²) in [5, 5.41) is 2.21. The van der Waals surface area contributed by atoms with Gasteiger partial charge in [0.2, 0.25) is 0 Å². The highest BCUT2D eigenvalue weighted by Gasteiger charge is 2.78. The molecule has 0 unspecified atom stereocenters. The van der Waals surface area contributed by atoms with Crippen molar-refractivity contribution in [1.82, 2.24) is 0 Å². The Balaban J connectivity index is 1.27. The van der Waals surface area contributed by atoms with Gasteiger partial charge in [0.05, 0.1) is 26.9 Å². The Hall–Kier alpha value is -1.79. The predicted octanol–water partition coefficient (Wildman–Crippen LogP) is 2.29. The van der Waals surface area contributed by atoms with Crippen LogP contribution in [0.1, 0.15) is 45.1 Å². The molecule has 1 aromatic rings. The molecule has 0 radical (unpaired) electrons. The van der Waals surface area contributed by atoms with Crippen LogP contribution in [0.3, 0.4) is 0 Å². The molecule has 6 nitrogen and oxygen atoms in total. The zero-order chi connectivity index (χ0) is 21.1. The highest BCUT2D eigenvalue weighted by Crippen LogP contribution is 2.70. The van der Waals surface area contributed by atoms with E-state index < -0.39 is 0 Å². The minimum atomic E-state index is -0.0850.